The number of benzene rings is 5. The minimum absolute atomic E-state index is 0.0205. The monoisotopic (exact) mass is 621 g/mol. The van der Waals surface area contributed by atoms with E-state index in [0.717, 1.165) is 18.2 Å². The van der Waals surface area contributed by atoms with Gasteiger partial charge in [-0.1, -0.05) is 35.4 Å². The highest BCUT2D eigenvalue weighted by Gasteiger charge is 2.21. The molecule has 0 aliphatic carbocycles. The molecule has 43 heavy (non-hydrogen) atoms. The van der Waals surface area contributed by atoms with Crippen molar-refractivity contribution < 1.29 is 44.0 Å². The number of carboxylic acid groups (broad SMARTS) is 1. The second-order valence-electron chi connectivity index (χ2n) is 8.92. The van der Waals surface area contributed by atoms with Crippen molar-refractivity contribution in [3.05, 3.63) is 84.4 Å². The number of hydrogen-bond acceptors (Lipinski definition) is 12. The molecule has 0 unspecified atom stereocenters. The third-order valence-electron chi connectivity index (χ3n) is 6.13. The Balaban J connectivity index is 1.56. The van der Waals surface area contributed by atoms with Crippen molar-refractivity contribution >= 4 is 80.9 Å². The van der Waals surface area contributed by atoms with Gasteiger partial charge in [0, 0.05) is 21.8 Å². The first-order valence-corrected chi connectivity index (χ1v) is 14.4. The molecule has 5 aromatic carbocycles. The first kappa shape index (κ1) is 29.8. The number of carboxylic acids is 1. The minimum Gasteiger partial charge on any atom is -0.505 e. The SMILES string of the molecule is Nc1ccc2cc(SOOO)c(N=Nc3ccc(N=Nc4cc(C(=O)O)cc(P(=O)(O)O)c4)c4ccccc34)c(O)c2c1. The summed E-state index contributed by atoms with van der Waals surface area (Å²) in [5.41, 5.74) is 6.63. The summed E-state index contributed by atoms with van der Waals surface area (Å²) < 4.78 is 16.3. The third kappa shape index (κ3) is 6.53. The van der Waals surface area contributed by atoms with Crippen LogP contribution in [0.25, 0.3) is 21.5 Å². The number of phenolic OH excluding ortho intramolecular Hbond substituents is 1. The number of nitrogen functional groups attached to an aromatic ring is 1. The molecule has 0 aromatic heterocycles. The summed E-state index contributed by atoms with van der Waals surface area (Å²) >= 11 is 0.601. The van der Waals surface area contributed by atoms with Gasteiger partial charge in [0.25, 0.3) is 0 Å². The van der Waals surface area contributed by atoms with E-state index in [1.54, 1.807) is 60.7 Å². The molecule has 0 aliphatic heterocycles. The second-order valence-corrected chi connectivity index (χ2v) is 11.3. The van der Waals surface area contributed by atoms with Gasteiger partial charge in [-0.3, -0.25) is 4.57 Å². The molecule has 7 N–H and O–H groups in total. The van der Waals surface area contributed by atoms with E-state index < -0.39 is 18.9 Å². The zero-order chi connectivity index (χ0) is 30.7. The molecule has 5 aromatic rings. The van der Waals surface area contributed by atoms with E-state index in [4.69, 9.17) is 11.0 Å². The summed E-state index contributed by atoms with van der Waals surface area (Å²) in [5, 5.41) is 51.2. The topological polar surface area (TPSA) is 229 Å². The summed E-state index contributed by atoms with van der Waals surface area (Å²) in [5.74, 6) is -1.62. The molecule has 0 saturated carbocycles. The zero-order valence-electron chi connectivity index (χ0n) is 21.6. The number of phenols is 1. The van der Waals surface area contributed by atoms with E-state index in [1.165, 1.54) is 0 Å². The number of carbonyl (C=O) groups is 1. The van der Waals surface area contributed by atoms with E-state index >= 15 is 0 Å². The largest absolute Gasteiger partial charge is 0.505 e. The Morgan fingerprint density at radius 3 is 2.14 bits per heavy atom. The molecule has 0 radical (unpaired) electrons. The van der Waals surface area contributed by atoms with Gasteiger partial charge in [-0.05, 0) is 53.9 Å². The van der Waals surface area contributed by atoms with Crippen molar-refractivity contribution in [3.8, 4) is 5.75 Å². The maximum Gasteiger partial charge on any atom is 0.356 e. The van der Waals surface area contributed by atoms with Crippen molar-refractivity contribution in [1.82, 2.24) is 0 Å². The number of aromatic carboxylic acids is 1. The molecule has 5 rings (SSSR count). The molecule has 0 saturated heterocycles. The van der Waals surface area contributed by atoms with Gasteiger partial charge in [-0.25, -0.2) is 10.1 Å². The van der Waals surface area contributed by atoms with Crippen LogP contribution < -0.4 is 11.0 Å². The van der Waals surface area contributed by atoms with Gasteiger partial charge in [-0.2, -0.15) is 5.11 Å². The standard InChI is InChI=1S/C27H20N5O9PS/c28-16-6-5-14-11-24(43-41-40-36)25(26(33)21(14)12-16)32-31-23-8-7-22(19-3-1-2-4-20(19)23)30-29-17-9-15(27(34)35)10-18(13-17)42(37,38)39/h1-13,33,36H,28H2,(H,34,35)(H2,37,38,39). The lowest BCUT2D eigenvalue weighted by Crippen LogP contribution is -2.07. The second kappa shape index (κ2) is 12.2. The van der Waals surface area contributed by atoms with Gasteiger partial charge in [0.15, 0.2) is 5.75 Å². The summed E-state index contributed by atoms with van der Waals surface area (Å²) in [6.45, 7) is 0. The average Bonchev–Trinajstić information content (AvgIpc) is 2.98. The predicted molar refractivity (Wildman–Crippen MR) is 158 cm³/mol. The number of azo groups is 2. The third-order valence-corrected chi connectivity index (χ3v) is 7.68. The van der Waals surface area contributed by atoms with E-state index in [1.807, 2.05) is 0 Å². The summed E-state index contributed by atoms with van der Waals surface area (Å²) in [4.78, 5) is 30.8. The summed E-state index contributed by atoms with van der Waals surface area (Å²) in [7, 11) is -4.76. The van der Waals surface area contributed by atoms with Crippen LogP contribution in [0.4, 0.5) is 28.4 Å². The quantitative estimate of drug-likeness (QED) is 0.0244. The highest BCUT2D eigenvalue weighted by atomic mass is 32.2. The fourth-order valence-electron chi connectivity index (χ4n) is 4.17. The number of nitrogens with two attached hydrogens (primary N) is 1. The van der Waals surface area contributed by atoms with Gasteiger partial charge >= 0.3 is 13.6 Å². The molecule has 0 amide bonds. The van der Waals surface area contributed by atoms with Gasteiger partial charge in [0.05, 0.1) is 44.9 Å². The van der Waals surface area contributed by atoms with Crippen molar-refractivity contribution in [1.29, 1.82) is 0 Å². The smallest absolute Gasteiger partial charge is 0.356 e. The van der Waals surface area contributed by atoms with Crippen LogP contribution in [-0.4, -0.2) is 31.2 Å². The zero-order valence-corrected chi connectivity index (χ0v) is 23.3. The van der Waals surface area contributed by atoms with Crippen LogP contribution in [0.5, 0.6) is 5.75 Å². The molecule has 0 heterocycles. The lowest BCUT2D eigenvalue weighted by Gasteiger charge is -2.10. The van der Waals surface area contributed by atoms with Crippen LogP contribution >= 0.6 is 19.6 Å². The maximum atomic E-state index is 11.7. The highest BCUT2D eigenvalue weighted by molar-refractivity contribution is 7.94. The molecule has 218 valence electrons. The number of hydrogen-bond donors (Lipinski definition) is 6. The Hall–Kier alpha value is -4.73. The Morgan fingerprint density at radius 1 is 0.837 bits per heavy atom. The molecular weight excluding hydrogens is 601 g/mol. The lowest BCUT2D eigenvalue weighted by molar-refractivity contribution is -0.432. The lowest BCUT2D eigenvalue weighted by atomic mass is 10.1. The van der Waals surface area contributed by atoms with Crippen LogP contribution in [0.1, 0.15) is 10.4 Å². The number of fused-ring (bicyclic) bond motifs is 2. The Kier molecular flexibility index (Phi) is 8.47. The molecule has 0 atom stereocenters. The van der Waals surface area contributed by atoms with E-state index in [-0.39, 0.29) is 27.6 Å². The molecular formula is C27H20N5O9PS. The normalized spacial score (nSPS) is 12.2. The van der Waals surface area contributed by atoms with Crippen LogP contribution in [0.2, 0.25) is 0 Å². The summed E-state index contributed by atoms with van der Waals surface area (Å²) in [6.07, 6.45) is 0. The Labute approximate surface area is 246 Å². The van der Waals surface area contributed by atoms with Crippen LogP contribution in [0.15, 0.2) is 104 Å². The predicted octanol–water partition coefficient (Wildman–Crippen LogP) is 7.04. The van der Waals surface area contributed by atoms with E-state index in [2.05, 4.69) is 29.8 Å². The van der Waals surface area contributed by atoms with Crippen molar-refractivity contribution in [2.45, 2.75) is 4.90 Å². The first-order chi connectivity index (χ1) is 20.5. The molecule has 0 aliphatic rings. The van der Waals surface area contributed by atoms with Gasteiger partial charge in [-0.15, -0.1) is 19.7 Å². The number of rotatable bonds is 9. The molecule has 14 nitrogen and oxygen atoms in total. The van der Waals surface area contributed by atoms with Crippen LogP contribution in [-0.2, 0) is 13.9 Å². The molecule has 16 heteroatoms. The maximum absolute atomic E-state index is 11.7. The van der Waals surface area contributed by atoms with E-state index in [0.29, 0.717) is 50.6 Å². The van der Waals surface area contributed by atoms with Gasteiger partial charge < -0.3 is 25.7 Å². The average molecular weight is 622 g/mol. The van der Waals surface area contributed by atoms with Crippen LogP contribution in [0.3, 0.4) is 0 Å². The van der Waals surface area contributed by atoms with Gasteiger partial charge in [0.2, 0.25) is 0 Å². The Bertz CT molecular complexity index is 2000. The van der Waals surface area contributed by atoms with Crippen LogP contribution in [0, 0.1) is 0 Å². The highest BCUT2D eigenvalue weighted by Crippen LogP contribution is 2.45. The fraction of sp³-hybridized carbons (Fsp3) is 0. The van der Waals surface area contributed by atoms with Crippen molar-refractivity contribution in [3.63, 3.8) is 0 Å². The van der Waals surface area contributed by atoms with Crippen molar-refractivity contribution in [2.75, 3.05) is 5.73 Å². The summed E-state index contributed by atoms with van der Waals surface area (Å²) in [6, 6.07) is 19.8. The van der Waals surface area contributed by atoms with Gasteiger partial charge in [0.1, 0.15) is 5.69 Å². The number of nitrogens with zero attached hydrogens (tertiary/aromatic N) is 4. The first-order valence-electron chi connectivity index (χ1n) is 12.0. The molecule has 0 fully saturated rings. The number of aromatic hydroxyl groups is 1. The molecule has 0 spiro atoms. The van der Waals surface area contributed by atoms with Crippen molar-refractivity contribution in [2.24, 2.45) is 20.5 Å². The Morgan fingerprint density at radius 2 is 1.51 bits per heavy atom. The number of anilines is 1. The fourth-order valence-corrected chi connectivity index (χ4v) is 5.28. The molecule has 0 bridgehead atoms. The van der Waals surface area contributed by atoms with E-state index in [9.17, 15) is 29.4 Å². The minimum atomic E-state index is -4.76.